The molecule has 0 saturated heterocycles. The number of Topliss-reactive ketones (excluding diaryl/α,β-unsaturated/α-hetero) is 1. The number of carbonyl (C=O) groups excluding carboxylic acids is 1. The third-order valence-electron chi connectivity index (χ3n) is 3.25. The smallest absolute Gasteiger partial charge is 0.321 e. The summed E-state index contributed by atoms with van der Waals surface area (Å²) in [6.45, 7) is -1.55. The number of carboxylic acid groups (broad SMARTS) is 1. The number of ketones is 1. The number of carboxylic acids is 1. The van der Waals surface area contributed by atoms with E-state index in [1.54, 1.807) is 0 Å². The molecule has 134 valence electrons. The van der Waals surface area contributed by atoms with Crippen LogP contribution in [-0.4, -0.2) is 79.9 Å². The Morgan fingerprint density at radius 2 is 1.75 bits per heavy atom. The molecule has 9 heteroatoms. The summed E-state index contributed by atoms with van der Waals surface area (Å²) < 4.78 is 7.98. The summed E-state index contributed by atoms with van der Waals surface area (Å²) in [6, 6.07) is 3.81. The van der Waals surface area contributed by atoms with Crippen LogP contribution >= 0.6 is 0 Å². The Morgan fingerprint density at radius 3 is 2.25 bits per heavy atom. The number of carbonyl (C=O) groups is 2. The number of aliphatic carboxylic acids is 1. The number of aromatic hydroxyl groups is 1. The lowest BCUT2D eigenvalue weighted by Gasteiger charge is -2.21. The van der Waals surface area contributed by atoms with Crippen LogP contribution in [0, 0.1) is 0 Å². The molecule has 0 aliphatic rings. The molecule has 24 heavy (non-hydrogen) atoms. The summed E-state index contributed by atoms with van der Waals surface area (Å²) in [5.41, 5.74) is 0.279. The average molecular weight is 344 g/mol. The van der Waals surface area contributed by atoms with Crippen LogP contribution in [0.5, 0.6) is 5.75 Å². The zero-order valence-electron chi connectivity index (χ0n) is 13.6. The van der Waals surface area contributed by atoms with E-state index in [9.17, 15) is 35.1 Å². The van der Waals surface area contributed by atoms with E-state index in [1.807, 2.05) is 0 Å². The maximum absolute atomic E-state index is 11.8. The maximum atomic E-state index is 11.8. The van der Waals surface area contributed by atoms with Crippen molar-refractivity contribution in [3.05, 3.63) is 29.8 Å². The number of nitrogens with one attached hydrogen (secondary N) is 1. The first kappa shape index (κ1) is 18.3. The summed E-state index contributed by atoms with van der Waals surface area (Å²) >= 11 is 0. The van der Waals surface area contributed by atoms with Crippen molar-refractivity contribution in [1.29, 1.82) is 0 Å². The monoisotopic (exact) mass is 344 g/mol. The van der Waals surface area contributed by atoms with Crippen molar-refractivity contribution < 1.29 is 41.6 Å². The predicted molar refractivity (Wildman–Crippen MR) is 81.4 cm³/mol. The van der Waals surface area contributed by atoms with Crippen molar-refractivity contribution in [2.75, 3.05) is 13.2 Å². The van der Waals surface area contributed by atoms with Gasteiger partial charge in [0.1, 0.15) is 30.1 Å². The molecule has 0 fully saturated rings. The van der Waals surface area contributed by atoms with Crippen molar-refractivity contribution >= 4 is 11.8 Å². The molecule has 5 atom stereocenters. The quantitative estimate of drug-likeness (QED) is 0.245. The molecule has 1 aromatic carbocycles. The fraction of sp³-hybridized carbons (Fsp3) is 0.467. The Morgan fingerprint density at radius 1 is 1.17 bits per heavy atom. The van der Waals surface area contributed by atoms with Crippen LogP contribution in [0.2, 0.25) is 0 Å². The number of rotatable bonds is 10. The molecule has 0 heterocycles. The highest BCUT2D eigenvalue weighted by molar-refractivity contribution is 5.86. The van der Waals surface area contributed by atoms with E-state index in [2.05, 4.69) is 5.32 Å². The van der Waals surface area contributed by atoms with E-state index in [-0.39, 0.29) is 11.3 Å². The van der Waals surface area contributed by atoms with Crippen LogP contribution < -0.4 is 5.32 Å². The van der Waals surface area contributed by atoms with E-state index < -0.39 is 55.7 Å². The van der Waals surface area contributed by atoms with Crippen molar-refractivity contribution in [2.45, 2.75) is 30.8 Å². The number of phenolic OH excluding ortho intramolecular Hbond substituents is 1. The molecule has 0 aliphatic heterocycles. The second-order valence-electron chi connectivity index (χ2n) is 5.11. The molecule has 1 rings (SSSR count). The van der Waals surface area contributed by atoms with Gasteiger partial charge in [-0.25, -0.2) is 0 Å². The summed E-state index contributed by atoms with van der Waals surface area (Å²) in [5.74, 6) is -2.47. The van der Waals surface area contributed by atoms with Crippen LogP contribution in [0.15, 0.2) is 24.3 Å². The Bertz CT molecular complexity index is 581. The zero-order valence-corrected chi connectivity index (χ0v) is 12.6. The molecule has 0 radical (unpaired) electrons. The summed E-state index contributed by atoms with van der Waals surface area (Å²) in [5, 5.41) is 57.7. The van der Waals surface area contributed by atoms with Gasteiger partial charge >= 0.3 is 5.97 Å². The zero-order chi connectivity index (χ0) is 19.1. The van der Waals surface area contributed by atoms with E-state index in [1.165, 1.54) is 24.3 Å². The van der Waals surface area contributed by atoms with Gasteiger partial charge in [-0.3, -0.25) is 14.9 Å². The fourth-order valence-corrected chi connectivity index (χ4v) is 1.82. The van der Waals surface area contributed by atoms with E-state index >= 15 is 0 Å². The number of phenols is 1. The van der Waals surface area contributed by atoms with Crippen molar-refractivity contribution in [3.8, 4) is 5.75 Å². The third-order valence-corrected chi connectivity index (χ3v) is 3.25. The van der Waals surface area contributed by atoms with Gasteiger partial charge in [-0.05, 0) is 24.1 Å². The highest BCUT2D eigenvalue weighted by atomic mass is 16.4. The molecule has 9 nitrogen and oxygen atoms in total. The van der Waals surface area contributed by atoms with Crippen LogP contribution in [0.25, 0.3) is 0 Å². The second kappa shape index (κ2) is 9.30. The number of aliphatic hydroxyl groups is 4. The van der Waals surface area contributed by atoms with Crippen LogP contribution in [0.1, 0.15) is 6.93 Å². The fourth-order valence-electron chi connectivity index (χ4n) is 1.82. The molecule has 1 unspecified atom stereocenters. The molecule has 1 aromatic rings. The number of benzene rings is 1. The SMILES string of the molecule is [2H]C(c1ccc(O)cc1)[C@H](NCC(=O)[C@@H](O)[C@H](O)[C@H](O)CO)C(=O)O. The minimum absolute atomic E-state index is 0.0505. The van der Waals surface area contributed by atoms with Gasteiger partial charge in [0, 0.05) is 1.37 Å². The van der Waals surface area contributed by atoms with E-state index in [0.29, 0.717) is 0 Å². The number of hydrogen-bond acceptors (Lipinski definition) is 8. The summed E-state index contributed by atoms with van der Waals surface area (Å²) in [7, 11) is 0. The van der Waals surface area contributed by atoms with Crippen molar-refractivity contribution in [3.63, 3.8) is 0 Å². The Hall–Kier alpha value is -2.04. The molecule has 0 bridgehead atoms. The van der Waals surface area contributed by atoms with Crippen molar-refractivity contribution in [1.82, 2.24) is 5.32 Å². The topological polar surface area (TPSA) is 168 Å². The number of aliphatic hydroxyl groups excluding tert-OH is 4. The van der Waals surface area contributed by atoms with Crippen LogP contribution in [-0.2, 0) is 16.0 Å². The minimum atomic E-state index is -2.03. The summed E-state index contributed by atoms with van der Waals surface area (Å²) in [6.07, 6.45) is -6.99. The highest BCUT2D eigenvalue weighted by Crippen LogP contribution is 2.11. The van der Waals surface area contributed by atoms with Crippen LogP contribution in [0.4, 0.5) is 0 Å². The van der Waals surface area contributed by atoms with Gasteiger partial charge in [0.05, 0.1) is 13.2 Å². The van der Waals surface area contributed by atoms with Gasteiger partial charge < -0.3 is 30.6 Å². The molecular weight excluding hydrogens is 322 g/mol. The maximum Gasteiger partial charge on any atom is 0.321 e. The molecule has 0 spiro atoms. The van der Waals surface area contributed by atoms with E-state index in [4.69, 9.17) is 6.48 Å². The predicted octanol–water partition coefficient (Wildman–Crippen LogP) is -2.38. The van der Waals surface area contributed by atoms with Crippen molar-refractivity contribution in [2.24, 2.45) is 0 Å². The standard InChI is InChI=1S/C15H21NO8/c17-7-12(20)14(22)13(21)11(19)6-16-10(15(23)24)5-8-1-3-9(18)4-2-8/h1-4,10,12-14,16-18,20-22H,5-7H2,(H,23,24)/t10-,12+,13+,14+/m0/s1/i5D/t5?,10-,12+,13+,14+. The normalized spacial score (nSPS) is 18.1. The highest BCUT2D eigenvalue weighted by Gasteiger charge is 2.30. The van der Waals surface area contributed by atoms with Gasteiger partial charge in [0.2, 0.25) is 0 Å². The molecule has 0 aliphatic carbocycles. The molecule has 0 saturated carbocycles. The Labute approximate surface area is 139 Å². The Balaban J connectivity index is 2.74. The molecule has 0 aromatic heterocycles. The lowest BCUT2D eigenvalue weighted by molar-refractivity contribution is -0.141. The summed E-state index contributed by atoms with van der Waals surface area (Å²) in [4.78, 5) is 23.1. The van der Waals surface area contributed by atoms with Gasteiger partial charge in [-0.15, -0.1) is 0 Å². The van der Waals surface area contributed by atoms with Gasteiger partial charge in [0.25, 0.3) is 0 Å². The van der Waals surface area contributed by atoms with E-state index in [0.717, 1.165) is 0 Å². The lowest BCUT2D eigenvalue weighted by atomic mass is 10.0. The third kappa shape index (κ3) is 5.87. The largest absolute Gasteiger partial charge is 0.508 e. The molecular formula is C15H21NO8. The lowest BCUT2D eigenvalue weighted by Crippen LogP contribution is -2.49. The first-order valence-electron chi connectivity index (χ1n) is 7.62. The van der Waals surface area contributed by atoms with Gasteiger partial charge in [-0.2, -0.15) is 0 Å². The average Bonchev–Trinajstić information content (AvgIpc) is 2.59. The van der Waals surface area contributed by atoms with Gasteiger partial charge in [-0.1, -0.05) is 12.1 Å². The first-order chi connectivity index (χ1) is 11.7. The molecule has 7 N–H and O–H groups in total. The van der Waals surface area contributed by atoms with Crippen LogP contribution in [0.3, 0.4) is 0 Å². The Kier molecular flexibility index (Phi) is 7.09. The first-order valence-corrected chi connectivity index (χ1v) is 7.04. The van der Waals surface area contributed by atoms with Gasteiger partial charge in [0.15, 0.2) is 5.78 Å². The second-order valence-corrected chi connectivity index (χ2v) is 5.11. The number of hydrogen-bond donors (Lipinski definition) is 7. The minimum Gasteiger partial charge on any atom is -0.508 e. The molecule has 0 amide bonds.